The van der Waals surface area contributed by atoms with Crippen molar-refractivity contribution in [3.8, 4) is 0 Å². The van der Waals surface area contributed by atoms with Crippen molar-refractivity contribution in [3.63, 3.8) is 0 Å². The number of anilines is 1. The molecule has 5 rings (SSSR count). The van der Waals surface area contributed by atoms with Gasteiger partial charge in [-0.3, -0.25) is 23.9 Å². The van der Waals surface area contributed by atoms with Crippen LogP contribution in [0.3, 0.4) is 0 Å². The summed E-state index contributed by atoms with van der Waals surface area (Å²) in [6.07, 6.45) is 10.2. The standard InChI is InChI=1S/C32H42N10O2/c1-4-32(2,3)25-12-13-33-26(19-25)21-35-31(44)29-23-42(39-37-29)17-8-7-16-41-22-28(36-38-41)30(43)34-20-24-10-9-11-27(18-24)40-14-5-6-15-40/h9-13,18-19,22-23H,4-8,14-17,20-21H2,1-3H3,(H,34,43)(H,35,44). The molecular formula is C32H42N10O2. The van der Waals surface area contributed by atoms with Crippen LogP contribution in [0.25, 0.3) is 0 Å². The Labute approximate surface area is 258 Å². The Hall–Kier alpha value is -4.61. The number of pyridine rings is 1. The molecule has 4 heterocycles. The summed E-state index contributed by atoms with van der Waals surface area (Å²) in [6, 6.07) is 12.4. The monoisotopic (exact) mass is 598 g/mol. The number of carbonyl (C=O) groups excluding carboxylic acids is 2. The largest absolute Gasteiger partial charge is 0.372 e. The van der Waals surface area contributed by atoms with Crippen molar-refractivity contribution in [3.05, 3.63) is 83.2 Å². The fourth-order valence-corrected chi connectivity index (χ4v) is 5.14. The number of nitrogens with zero attached hydrogens (tertiary/aromatic N) is 8. The lowest BCUT2D eigenvalue weighted by molar-refractivity contribution is 0.0937. The molecule has 2 N–H and O–H groups in total. The molecule has 44 heavy (non-hydrogen) atoms. The van der Waals surface area contributed by atoms with Crippen LogP contribution in [0.15, 0.2) is 55.0 Å². The van der Waals surface area contributed by atoms with Gasteiger partial charge in [0.15, 0.2) is 11.4 Å². The zero-order chi connectivity index (χ0) is 30.9. The smallest absolute Gasteiger partial charge is 0.273 e. The highest BCUT2D eigenvalue weighted by Gasteiger charge is 2.19. The number of nitrogens with one attached hydrogen (secondary N) is 2. The lowest BCUT2D eigenvalue weighted by Gasteiger charge is -2.23. The van der Waals surface area contributed by atoms with Crippen molar-refractivity contribution in [1.29, 1.82) is 0 Å². The van der Waals surface area contributed by atoms with Gasteiger partial charge in [-0.1, -0.05) is 43.3 Å². The molecule has 0 aliphatic carbocycles. The third-order valence-electron chi connectivity index (χ3n) is 8.31. The second-order valence-electron chi connectivity index (χ2n) is 11.9. The molecule has 1 aliphatic rings. The van der Waals surface area contributed by atoms with Crippen LogP contribution in [0.2, 0.25) is 0 Å². The van der Waals surface area contributed by atoms with E-state index in [2.05, 4.69) is 74.0 Å². The number of aromatic nitrogens is 7. The van der Waals surface area contributed by atoms with E-state index in [1.54, 1.807) is 28.0 Å². The van der Waals surface area contributed by atoms with Crippen molar-refractivity contribution in [2.45, 2.75) is 84.5 Å². The Morgan fingerprint density at radius 1 is 0.864 bits per heavy atom. The molecule has 3 aromatic heterocycles. The van der Waals surface area contributed by atoms with E-state index >= 15 is 0 Å². The Bertz CT molecular complexity index is 1550. The van der Waals surface area contributed by atoms with E-state index in [1.165, 1.54) is 24.1 Å². The van der Waals surface area contributed by atoms with Gasteiger partial charge < -0.3 is 15.5 Å². The number of amides is 2. The Kier molecular flexibility index (Phi) is 9.98. The first-order valence-electron chi connectivity index (χ1n) is 15.5. The first kappa shape index (κ1) is 30.8. The molecule has 0 unspecified atom stereocenters. The molecule has 0 saturated carbocycles. The maximum atomic E-state index is 12.6. The van der Waals surface area contributed by atoms with Crippen molar-refractivity contribution < 1.29 is 9.59 Å². The van der Waals surface area contributed by atoms with Crippen molar-refractivity contribution in [2.75, 3.05) is 18.0 Å². The molecular weight excluding hydrogens is 556 g/mol. The van der Waals surface area contributed by atoms with Crippen LogP contribution in [0.1, 0.15) is 90.7 Å². The number of hydrogen-bond donors (Lipinski definition) is 2. The highest BCUT2D eigenvalue weighted by atomic mass is 16.2. The molecule has 232 valence electrons. The van der Waals surface area contributed by atoms with Crippen molar-refractivity contribution >= 4 is 17.5 Å². The van der Waals surface area contributed by atoms with Gasteiger partial charge in [0.2, 0.25) is 0 Å². The zero-order valence-electron chi connectivity index (χ0n) is 25.9. The van der Waals surface area contributed by atoms with E-state index in [9.17, 15) is 9.59 Å². The van der Waals surface area contributed by atoms with E-state index in [1.807, 2.05) is 24.3 Å². The average molecular weight is 599 g/mol. The molecule has 1 aromatic carbocycles. The third kappa shape index (κ3) is 8.06. The third-order valence-corrected chi connectivity index (χ3v) is 8.31. The Morgan fingerprint density at radius 3 is 2.14 bits per heavy atom. The number of carbonyl (C=O) groups is 2. The second kappa shape index (κ2) is 14.2. The lowest BCUT2D eigenvalue weighted by Crippen LogP contribution is -2.24. The van der Waals surface area contributed by atoms with Crippen LogP contribution in [0.5, 0.6) is 0 Å². The highest BCUT2D eigenvalue weighted by Crippen LogP contribution is 2.26. The predicted molar refractivity (Wildman–Crippen MR) is 167 cm³/mol. The minimum absolute atomic E-state index is 0.0511. The molecule has 2 amide bonds. The zero-order valence-corrected chi connectivity index (χ0v) is 25.9. The minimum Gasteiger partial charge on any atom is -0.372 e. The first-order chi connectivity index (χ1) is 21.3. The molecule has 0 spiro atoms. The van der Waals surface area contributed by atoms with Gasteiger partial charge in [0, 0.05) is 44.6 Å². The van der Waals surface area contributed by atoms with Gasteiger partial charge in [0.1, 0.15) is 0 Å². The van der Waals surface area contributed by atoms with E-state index in [0.29, 0.717) is 31.9 Å². The van der Waals surface area contributed by atoms with Crippen molar-refractivity contribution in [1.82, 2.24) is 45.6 Å². The van der Waals surface area contributed by atoms with Crippen LogP contribution in [0, 0.1) is 0 Å². The van der Waals surface area contributed by atoms with E-state index in [4.69, 9.17) is 0 Å². The van der Waals surface area contributed by atoms with Crippen LogP contribution in [-0.4, -0.2) is 59.9 Å². The Morgan fingerprint density at radius 2 is 1.50 bits per heavy atom. The van der Waals surface area contributed by atoms with Crippen LogP contribution >= 0.6 is 0 Å². The highest BCUT2D eigenvalue weighted by molar-refractivity contribution is 5.92. The SMILES string of the molecule is CCC(C)(C)c1ccnc(CNC(=O)c2cn(CCCCn3cc(C(=O)NCc4cccc(N5CCCC5)c4)nn3)nn2)c1. The number of benzene rings is 1. The van der Waals surface area contributed by atoms with E-state index in [0.717, 1.165) is 43.6 Å². The van der Waals surface area contributed by atoms with Crippen LogP contribution < -0.4 is 15.5 Å². The summed E-state index contributed by atoms with van der Waals surface area (Å²) in [5.41, 5.74) is 4.88. The number of rotatable bonds is 14. The summed E-state index contributed by atoms with van der Waals surface area (Å²) in [4.78, 5) is 32.0. The van der Waals surface area contributed by atoms with Gasteiger partial charge in [-0.25, -0.2) is 0 Å². The Balaban J connectivity index is 1.02. The quantitative estimate of drug-likeness (QED) is 0.209. The van der Waals surface area contributed by atoms with Gasteiger partial charge in [-0.05, 0) is 72.9 Å². The van der Waals surface area contributed by atoms with Crippen LogP contribution in [0.4, 0.5) is 5.69 Å². The molecule has 0 bridgehead atoms. The topological polar surface area (TPSA) is 136 Å². The van der Waals surface area contributed by atoms with Gasteiger partial charge in [0.25, 0.3) is 11.8 Å². The predicted octanol–water partition coefficient (Wildman–Crippen LogP) is 3.89. The molecule has 1 saturated heterocycles. The van der Waals surface area contributed by atoms with Gasteiger partial charge in [0.05, 0.1) is 24.6 Å². The maximum absolute atomic E-state index is 12.6. The molecule has 0 atom stereocenters. The molecule has 1 aliphatic heterocycles. The summed E-state index contributed by atoms with van der Waals surface area (Å²) in [5, 5.41) is 22.1. The summed E-state index contributed by atoms with van der Waals surface area (Å²) < 4.78 is 3.34. The molecule has 0 radical (unpaired) electrons. The van der Waals surface area contributed by atoms with E-state index < -0.39 is 0 Å². The number of unbranched alkanes of at least 4 members (excludes halogenated alkanes) is 1. The summed E-state index contributed by atoms with van der Waals surface area (Å²) >= 11 is 0. The second-order valence-corrected chi connectivity index (χ2v) is 11.9. The lowest BCUT2D eigenvalue weighted by atomic mass is 9.82. The normalized spacial score (nSPS) is 13.3. The summed E-state index contributed by atoms with van der Waals surface area (Å²) in [6.45, 7) is 10.7. The number of hydrogen-bond acceptors (Lipinski definition) is 8. The summed E-state index contributed by atoms with van der Waals surface area (Å²) in [7, 11) is 0. The molecule has 12 nitrogen and oxygen atoms in total. The molecule has 12 heteroatoms. The van der Waals surface area contributed by atoms with Crippen molar-refractivity contribution in [2.24, 2.45) is 0 Å². The van der Waals surface area contributed by atoms with Gasteiger partial charge in [-0.15, -0.1) is 10.2 Å². The first-order valence-corrected chi connectivity index (χ1v) is 15.5. The summed E-state index contributed by atoms with van der Waals surface area (Å²) in [5.74, 6) is -0.532. The number of aryl methyl sites for hydroxylation is 2. The minimum atomic E-state index is -0.286. The maximum Gasteiger partial charge on any atom is 0.273 e. The van der Waals surface area contributed by atoms with Gasteiger partial charge >= 0.3 is 0 Å². The fraction of sp³-hybridized carbons (Fsp3) is 0.469. The average Bonchev–Trinajstić information content (AvgIpc) is 3.84. The fourth-order valence-electron chi connectivity index (χ4n) is 5.14. The molecule has 4 aromatic rings. The van der Waals surface area contributed by atoms with E-state index in [-0.39, 0.29) is 22.9 Å². The van der Waals surface area contributed by atoms with Crippen LogP contribution in [-0.2, 0) is 31.6 Å². The molecule has 1 fully saturated rings. The van der Waals surface area contributed by atoms with Gasteiger partial charge in [-0.2, -0.15) is 0 Å².